The summed E-state index contributed by atoms with van der Waals surface area (Å²) in [6, 6.07) is 5.59. The maximum absolute atomic E-state index is 13.3. The van der Waals surface area contributed by atoms with Crippen LogP contribution in [0.1, 0.15) is 33.4 Å². The zero-order valence-electron chi connectivity index (χ0n) is 15.9. The first-order chi connectivity index (χ1) is 13.0. The molecule has 0 fully saturated rings. The van der Waals surface area contributed by atoms with Crippen molar-refractivity contribution in [2.45, 2.75) is 44.6 Å². The largest absolute Gasteiger partial charge is 0.339 e. The average Bonchev–Trinajstić information content (AvgIpc) is 2.95. The van der Waals surface area contributed by atoms with Gasteiger partial charge in [-0.1, -0.05) is 18.5 Å². The lowest BCUT2D eigenvalue weighted by Crippen LogP contribution is -2.40. The van der Waals surface area contributed by atoms with Gasteiger partial charge in [0.1, 0.15) is 16.5 Å². The molecular formula is C18H21ClFN5O2S. The van der Waals surface area contributed by atoms with Crippen molar-refractivity contribution in [2.75, 3.05) is 5.32 Å². The van der Waals surface area contributed by atoms with Crippen molar-refractivity contribution in [1.29, 1.82) is 0 Å². The van der Waals surface area contributed by atoms with Crippen LogP contribution in [0.3, 0.4) is 0 Å². The number of nitrogens with zero attached hydrogens (tertiary/aromatic N) is 3. The summed E-state index contributed by atoms with van der Waals surface area (Å²) in [4.78, 5) is 4.27. The second-order valence-corrected chi connectivity index (χ2v) is 9.33. The van der Waals surface area contributed by atoms with Crippen molar-refractivity contribution in [2.24, 2.45) is 0 Å². The fraction of sp³-hybridized carbons (Fsp3) is 0.333. The van der Waals surface area contributed by atoms with E-state index < -0.39 is 21.4 Å². The summed E-state index contributed by atoms with van der Waals surface area (Å²) in [6.07, 6.45) is 1.88. The van der Waals surface area contributed by atoms with Crippen LogP contribution in [0.25, 0.3) is 5.65 Å². The van der Waals surface area contributed by atoms with Gasteiger partial charge in [0.2, 0.25) is 10.0 Å². The number of anilines is 2. The molecule has 0 radical (unpaired) electrons. The van der Waals surface area contributed by atoms with Gasteiger partial charge in [0.15, 0.2) is 5.65 Å². The molecule has 0 saturated heterocycles. The molecule has 3 rings (SSSR count). The number of rotatable bonds is 5. The SMILES string of the molecule is CCc1nn2c(Nc3ccc(F)cc3Cl)ccnc2c1S(=O)(=O)NC(C)(C)C. The van der Waals surface area contributed by atoms with Crippen molar-refractivity contribution in [3.05, 3.63) is 47.0 Å². The number of halogens is 2. The topological polar surface area (TPSA) is 88.4 Å². The van der Waals surface area contributed by atoms with Crippen LogP contribution in [-0.2, 0) is 16.4 Å². The van der Waals surface area contributed by atoms with Crippen molar-refractivity contribution in [3.8, 4) is 0 Å². The molecule has 0 atom stereocenters. The second kappa shape index (κ2) is 7.31. The molecule has 7 nitrogen and oxygen atoms in total. The third-order valence-corrected chi connectivity index (χ3v) is 5.93. The van der Waals surface area contributed by atoms with E-state index in [2.05, 4.69) is 20.1 Å². The molecule has 0 saturated carbocycles. The number of aromatic nitrogens is 3. The monoisotopic (exact) mass is 425 g/mol. The van der Waals surface area contributed by atoms with Gasteiger partial charge in [-0.15, -0.1) is 0 Å². The van der Waals surface area contributed by atoms with E-state index in [1.807, 2.05) is 6.92 Å². The minimum atomic E-state index is -3.85. The molecule has 0 spiro atoms. The Kier molecular flexibility index (Phi) is 5.35. The summed E-state index contributed by atoms with van der Waals surface area (Å²) in [5, 5.41) is 7.67. The van der Waals surface area contributed by atoms with Gasteiger partial charge in [0, 0.05) is 11.7 Å². The van der Waals surface area contributed by atoms with Crippen molar-refractivity contribution in [1.82, 2.24) is 19.3 Å². The maximum atomic E-state index is 13.3. The molecule has 2 N–H and O–H groups in total. The quantitative estimate of drug-likeness (QED) is 0.647. The van der Waals surface area contributed by atoms with Gasteiger partial charge in [-0.05, 0) is 51.5 Å². The Hall–Kier alpha value is -2.23. The van der Waals surface area contributed by atoms with Gasteiger partial charge in [-0.3, -0.25) is 0 Å². The molecular weight excluding hydrogens is 405 g/mol. The molecule has 0 aliphatic carbocycles. The number of hydrogen-bond donors (Lipinski definition) is 2. The molecule has 0 bridgehead atoms. The normalized spacial score (nSPS) is 12.5. The van der Waals surface area contributed by atoms with Gasteiger partial charge in [0.25, 0.3) is 0 Å². The number of fused-ring (bicyclic) bond motifs is 1. The highest BCUT2D eigenvalue weighted by Gasteiger charge is 2.30. The Morgan fingerprint density at radius 2 is 1.96 bits per heavy atom. The lowest BCUT2D eigenvalue weighted by atomic mass is 10.1. The smallest absolute Gasteiger partial charge is 0.246 e. The van der Waals surface area contributed by atoms with Crippen LogP contribution in [0.15, 0.2) is 35.4 Å². The van der Waals surface area contributed by atoms with E-state index in [4.69, 9.17) is 11.6 Å². The Balaban J connectivity index is 2.15. The van der Waals surface area contributed by atoms with Crippen LogP contribution in [0.5, 0.6) is 0 Å². The van der Waals surface area contributed by atoms with Crippen LogP contribution in [0, 0.1) is 5.82 Å². The highest BCUT2D eigenvalue weighted by atomic mass is 35.5. The minimum absolute atomic E-state index is 0.0405. The number of nitrogens with one attached hydrogen (secondary N) is 2. The highest BCUT2D eigenvalue weighted by molar-refractivity contribution is 7.89. The van der Waals surface area contributed by atoms with Gasteiger partial charge in [-0.25, -0.2) is 22.5 Å². The summed E-state index contributed by atoms with van der Waals surface area (Å²) in [7, 11) is -3.85. The van der Waals surface area contributed by atoms with Crippen molar-refractivity contribution < 1.29 is 12.8 Å². The molecule has 28 heavy (non-hydrogen) atoms. The minimum Gasteiger partial charge on any atom is -0.339 e. The predicted molar refractivity (Wildman–Crippen MR) is 107 cm³/mol. The molecule has 2 heterocycles. The predicted octanol–water partition coefficient (Wildman–Crippen LogP) is 3.90. The Morgan fingerprint density at radius 1 is 1.25 bits per heavy atom. The third kappa shape index (κ3) is 4.11. The standard InChI is InChI=1S/C18H21ClFN5O2S/c1-5-13-16(28(26,27)24-18(2,3)4)17-21-9-8-15(25(17)23-13)22-14-7-6-11(20)10-12(14)19/h6-10,22,24H,5H2,1-4H3. The molecule has 10 heteroatoms. The van der Waals surface area contributed by atoms with Crippen molar-refractivity contribution >= 4 is 38.8 Å². The number of benzene rings is 1. The van der Waals surface area contributed by atoms with Crippen molar-refractivity contribution in [3.63, 3.8) is 0 Å². The summed E-state index contributed by atoms with van der Waals surface area (Å²) >= 11 is 6.09. The Morgan fingerprint density at radius 3 is 2.57 bits per heavy atom. The van der Waals surface area contributed by atoms with E-state index in [9.17, 15) is 12.8 Å². The van der Waals surface area contributed by atoms with E-state index in [0.717, 1.165) is 0 Å². The van der Waals surface area contributed by atoms with Crippen LogP contribution in [0.2, 0.25) is 5.02 Å². The van der Waals surface area contributed by atoms with E-state index >= 15 is 0 Å². The van der Waals surface area contributed by atoms with Gasteiger partial charge < -0.3 is 5.32 Å². The summed E-state index contributed by atoms with van der Waals surface area (Å²) in [5.74, 6) is -0.00478. The van der Waals surface area contributed by atoms with Crippen LogP contribution >= 0.6 is 11.6 Å². The lowest BCUT2D eigenvalue weighted by Gasteiger charge is -2.20. The van der Waals surface area contributed by atoms with E-state index in [1.54, 1.807) is 26.8 Å². The molecule has 2 aromatic heterocycles. The summed E-state index contributed by atoms with van der Waals surface area (Å²) in [6.45, 7) is 7.11. The third-order valence-electron chi connectivity index (χ3n) is 3.78. The van der Waals surface area contributed by atoms with Gasteiger partial charge in [0.05, 0.1) is 16.4 Å². The zero-order chi connectivity index (χ0) is 20.7. The van der Waals surface area contributed by atoms with Gasteiger partial charge in [-0.2, -0.15) is 9.61 Å². The first-order valence-electron chi connectivity index (χ1n) is 8.64. The molecule has 0 aliphatic rings. The molecule has 0 aliphatic heterocycles. The zero-order valence-corrected chi connectivity index (χ0v) is 17.5. The average molecular weight is 426 g/mol. The van der Waals surface area contributed by atoms with Crippen LogP contribution in [-0.4, -0.2) is 28.6 Å². The molecule has 0 amide bonds. The van der Waals surface area contributed by atoms with E-state index in [-0.39, 0.29) is 15.6 Å². The summed E-state index contributed by atoms with van der Waals surface area (Å²) < 4.78 is 43.3. The number of hydrogen-bond acceptors (Lipinski definition) is 5. The maximum Gasteiger partial charge on any atom is 0.246 e. The number of aryl methyl sites for hydroxylation is 1. The summed E-state index contributed by atoms with van der Waals surface area (Å²) in [5.41, 5.74) is 0.386. The lowest BCUT2D eigenvalue weighted by molar-refractivity contribution is 0.491. The van der Waals surface area contributed by atoms with E-state index in [0.29, 0.717) is 23.6 Å². The Bertz CT molecular complexity index is 1140. The van der Waals surface area contributed by atoms with Crippen LogP contribution < -0.4 is 10.0 Å². The first kappa shape index (κ1) is 20.5. The second-order valence-electron chi connectivity index (χ2n) is 7.30. The first-order valence-corrected chi connectivity index (χ1v) is 10.5. The number of sulfonamides is 1. The highest BCUT2D eigenvalue weighted by Crippen LogP contribution is 2.29. The fourth-order valence-electron chi connectivity index (χ4n) is 2.75. The molecule has 0 unspecified atom stereocenters. The molecule has 3 aromatic rings. The fourth-order valence-corrected chi connectivity index (χ4v) is 4.75. The van der Waals surface area contributed by atoms with Gasteiger partial charge >= 0.3 is 0 Å². The molecule has 150 valence electrons. The molecule has 1 aromatic carbocycles. The van der Waals surface area contributed by atoms with Crippen LogP contribution in [0.4, 0.5) is 15.9 Å². The van der Waals surface area contributed by atoms with E-state index in [1.165, 1.54) is 28.9 Å². The Labute approximate surface area is 168 Å².